The fourth-order valence-electron chi connectivity index (χ4n) is 1.01. The van der Waals surface area contributed by atoms with Crippen LogP contribution in [0.1, 0.15) is 6.92 Å². The van der Waals surface area contributed by atoms with Crippen molar-refractivity contribution in [3.8, 4) is 0 Å². The highest BCUT2D eigenvalue weighted by molar-refractivity contribution is 9.10. The second-order valence-corrected chi connectivity index (χ2v) is 6.26. The van der Waals surface area contributed by atoms with Gasteiger partial charge in [0.05, 0.1) is 16.5 Å². The van der Waals surface area contributed by atoms with E-state index in [1.165, 1.54) is 18.2 Å². The molecule has 0 spiro atoms. The lowest BCUT2D eigenvalue weighted by molar-refractivity contribution is 0.265. The molecule has 1 aromatic carbocycles. The fraction of sp³-hybridized carbons (Fsp3) is 0.333. The molecular formula is C9H11BrClNO3S. The third-order valence-corrected chi connectivity index (χ3v) is 4.63. The first-order valence-electron chi connectivity index (χ1n) is 4.45. The van der Waals surface area contributed by atoms with E-state index in [2.05, 4.69) is 20.7 Å². The second-order valence-electron chi connectivity index (χ2n) is 3.28. The third-order valence-electron chi connectivity index (χ3n) is 1.83. The van der Waals surface area contributed by atoms with E-state index >= 15 is 0 Å². The molecule has 0 unspecified atom stereocenters. The summed E-state index contributed by atoms with van der Waals surface area (Å²) in [4.78, 5) is 0.101. The zero-order chi connectivity index (χ0) is 12.3. The Morgan fingerprint density at radius 1 is 1.56 bits per heavy atom. The number of aliphatic hydroxyl groups is 1. The molecule has 4 nitrogen and oxygen atoms in total. The van der Waals surface area contributed by atoms with Crippen molar-refractivity contribution in [1.82, 2.24) is 4.72 Å². The molecule has 16 heavy (non-hydrogen) atoms. The van der Waals surface area contributed by atoms with Gasteiger partial charge in [0.15, 0.2) is 0 Å². The topological polar surface area (TPSA) is 66.4 Å². The number of sulfonamides is 1. The molecule has 0 aliphatic carbocycles. The second kappa shape index (κ2) is 5.46. The number of halogens is 2. The lowest BCUT2D eigenvalue weighted by Crippen LogP contribution is -2.34. The molecule has 0 aromatic heterocycles. The number of aliphatic hydroxyl groups excluding tert-OH is 1. The molecule has 0 saturated heterocycles. The fourth-order valence-corrected chi connectivity index (χ4v) is 2.92. The summed E-state index contributed by atoms with van der Waals surface area (Å²) >= 11 is 8.91. The molecule has 1 rings (SSSR count). The van der Waals surface area contributed by atoms with Crippen LogP contribution in [-0.4, -0.2) is 26.2 Å². The van der Waals surface area contributed by atoms with Crippen molar-refractivity contribution in [2.45, 2.75) is 17.9 Å². The largest absolute Gasteiger partial charge is 0.395 e. The Balaban J connectivity index is 3.03. The van der Waals surface area contributed by atoms with Crippen LogP contribution in [0.2, 0.25) is 5.02 Å². The summed E-state index contributed by atoms with van der Waals surface area (Å²) in [5.74, 6) is 0. The molecule has 2 N–H and O–H groups in total. The summed E-state index contributed by atoms with van der Waals surface area (Å²) in [5, 5.41) is 9.23. The average molecular weight is 329 g/mol. The lowest BCUT2D eigenvalue weighted by Gasteiger charge is -2.11. The van der Waals surface area contributed by atoms with E-state index < -0.39 is 16.1 Å². The first kappa shape index (κ1) is 13.9. The first-order chi connectivity index (χ1) is 7.36. The summed E-state index contributed by atoms with van der Waals surface area (Å²) in [7, 11) is -3.61. The van der Waals surface area contributed by atoms with Gasteiger partial charge in [-0.15, -0.1) is 0 Å². The van der Waals surface area contributed by atoms with Crippen molar-refractivity contribution in [3.05, 3.63) is 27.7 Å². The average Bonchev–Trinajstić information content (AvgIpc) is 2.21. The van der Waals surface area contributed by atoms with Gasteiger partial charge in [0.2, 0.25) is 10.0 Å². The quantitative estimate of drug-likeness (QED) is 0.885. The van der Waals surface area contributed by atoms with Crippen LogP contribution in [0, 0.1) is 0 Å². The molecule has 0 heterocycles. The van der Waals surface area contributed by atoms with Crippen molar-refractivity contribution in [3.63, 3.8) is 0 Å². The third kappa shape index (κ3) is 3.43. The smallest absolute Gasteiger partial charge is 0.240 e. The van der Waals surface area contributed by atoms with Gasteiger partial charge in [0, 0.05) is 10.5 Å². The van der Waals surface area contributed by atoms with E-state index in [-0.39, 0.29) is 11.5 Å². The van der Waals surface area contributed by atoms with Crippen LogP contribution in [-0.2, 0) is 10.0 Å². The number of benzene rings is 1. The highest BCUT2D eigenvalue weighted by Crippen LogP contribution is 2.25. The van der Waals surface area contributed by atoms with Crippen LogP contribution < -0.4 is 4.72 Å². The van der Waals surface area contributed by atoms with E-state index in [1.807, 2.05) is 0 Å². The van der Waals surface area contributed by atoms with Crippen LogP contribution in [0.3, 0.4) is 0 Å². The van der Waals surface area contributed by atoms with Crippen molar-refractivity contribution >= 4 is 37.6 Å². The molecule has 1 aromatic rings. The Morgan fingerprint density at radius 2 is 2.19 bits per heavy atom. The van der Waals surface area contributed by atoms with Gasteiger partial charge in [0.1, 0.15) is 0 Å². The lowest BCUT2D eigenvalue weighted by atomic mass is 10.4. The molecule has 0 aliphatic heterocycles. The molecule has 0 fully saturated rings. The van der Waals surface area contributed by atoms with E-state index in [4.69, 9.17) is 16.7 Å². The van der Waals surface area contributed by atoms with Crippen LogP contribution in [0.25, 0.3) is 0 Å². The van der Waals surface area contributed by atoms with E-state index in [9.17, 15) is 8.42 Å². The van der Waals surface area contributed by atoms with Crippen LogP contribution >= 0.6 is 27.5 Å². The van der Waals surface area contributed by atoms with Crippen LogP contribution in [0.5, 0.6) is 0 Å². The Labute approximate surface area is 108 Å². The van der Waals surface area contributed by atoms with Crippen molar-refractivity contribution in [1.29, 1.82) is 0 Å². The van der Waals surface area contributed by atoms with Gasteiger partial charge in [-0.3, -0.25) is 0 Å². The van der Waals surface area contributed by atoms with Gasteiger partial charge in [-0.2, -0.15) is 0 Å². The molecule has 1 atom stereocenters. The minimum Gasteiger partial charge on any atom is -0.395 e. The SMILES string of the molecule is C[C@H](CO)NS(=O)(=O)c1ccc(Cl)c(Br)c1. The highest BCUT2D eigenvalue weighted by atomic mass is 79.9. The molecule has 0 radical (unpaired) electrons. The molecule has 7 heteroatoms. The summed E-state index contributed by atoms with van der Waals surface area (Å²) < 4.78 is 26.4. The summed E-state index contributed by atoms with van der Waals surface area (Å²) in [5.41, 5.74) is 0. The summed E-state index contributed by atoms with van der Waals surface area (Å²) in [6, 6.07) is 3.78. The minimum atomic E-state index is -3.61. The zero-order valence-corrected chi connectivity index (χ0v) is 11.6. The molecule has 0 amide bonds. The molecule has 0 bridgehead atoms. The van der Waals surface area contributed by atoms with Gasteiger partial charge in [-0.1, -0.05) is 11.6 Å². The van der Waals surface area contributed by atoms with Crippen LogP contribution in [0.4, 0.5) is 0 Å². The highest BCUT2D eigenvalue weighted by Gasteiger charge is 2.17. The van der Waals surface area contributed by atoms with Gasteiger partial charge in [-0.05, 0) is 41.1 Å². The Bertz CT molecular complexity index is 478. The maximum absolute atomic E-state index is 11.8. The van der Waals surface area contributed by atoms with Crippen molar-refractivity contribution in [2.24, 2.45) is 0 Å². The van der Waals surface area contributed by atoms with E-state index in [0.29, 0.717) is 9.50 Å². The zero-order valence-electron chi connectivity index (χ0n) is 8.44. The normalized spacial score (nSPS) is 13.8. The number of hydrogen-bond acceptors (Lipinski definition) is 3. The molecule has 90 valence electrons. The summed E-state index contributed by atoms with van der Waals surface area (Å²) in [6.07, 6.45) is 0. The number of rotatable bonds is 4. The predicted octanol–water partition coefficient (Wildman–Crippen LogP) is 1.76. The minimum absolute atomic E-state index is 0.101. The first-order valence-corrected chi connectivity index (χ1v) is 7.10. The molecule has 0 aliphatic rings. The Hall–Kier alpha value is -0.140. The van der Waals surface area contributed by atoms with E-state index in [0.717, 1.165) is 0 Å². The Morgan fingerprint density at radius 3 is 2.69 bits per heavy atom. The monoisotopic (exact) mass is 327 g/mol. The van der Waals surface area contributed by atoms with Crippen molar-refractivity contribution < 1.29 is 13.5 Å². The number of nitrogens with one attached hydrogen (secondary N) is 1. The number of hydrogen-bond donors (Lipinski definition) is 2. The molecular weight excluding hydrogens is 318 g/mol. The van der Waals surface area contributed by atoms with Gasteiger partial charge >= 0.3 is 0 Å². The van der Waals surface area contributed by atoms with Crippen LogP contribution in [0.15, 0.2) is 27.6 Å². The standard InChI is InChI=1S/C9H11BrClNO3S/c1-6(5-13)12-16(14,15)7-2-3-9(11)8(10)4-7/h2-4,6,12-13H,5H2,1H3/t6-/m1/s1. The van der Waals surface area contributed by atoms with Gasteiger partial charge in [-0.25, -0.2) is 13.1 Å². The Kier molecular flexibility index (Phi) is 4.75. The van der Waals surface area contributed by atoms with Gasteiger partial charge < -0.3 is 5.11 Å². The predicted molar refractivity (Wildman–Crippen MR) is 66.0 cm³/mol. The van der Waals surface area contributed by atoms with E-state index in [1.54, 1.807) is 6.92 Å². The van der Waals surface area contributed by atoms with Crippen molar-refractivity contribution in [2.75, 3.05) is 6.61 Å². The maximum atomic E-state index is 11.8. The molecule has 0 saturated carbocycles. The maximum Gasteiger partial charge on any atom is 0.240 e. The summed E-state index contributed by atoms with van der Waals surface area (Å²) in [6.45, 7) is 1.32. The van der Waals surface area contributed by atoms with Gasteiger partial charge in [0.25, 0.3) is 0 Å².